The normalized spacial score (nSPS) is 10.8. The molecule has 0 atom stereocenters. The van der Waals surface area contributed by atoms with Gasteiger partial charge in [-0.2, -0.15) is 0 Å². The van der Waals surface area contributed by atoms with Crippen LogP contribution in [0.4, 0.5) is 0 Å². The minimum absolute atomic E-state index is 0.218. The molecule has 0 saturated heterocycles. The van der Waals surface area contributed by atoms with Crippen LogP contribution in [0.3, 0.4) is 0 Å². The largest absolute Gasteiger partial charge is 0.485 e. The van der Waals surface area contributed by atoms with Gasteiger partial charge >= 0.3 is 11.6 Å². The summed E-state index contributed by atoms with van der Waals surface area (Å²) in [6.45, 7) is 5.15. The maximum atomic E-state index is 12.6. The molecule has 0 saturated carbocycles. The van der Waals surface area contributed by atoms with Crippen LogP contribution in [0.5, 0.6) is 5.75 Å². The molecule has 3 rings (SSSR count). The van der Waals surface area contributed by atoms with Crippen molar-refractivity contribution in [2.24, 2.45) is 0 Å². The van der Waals surface area contributed by atoms with Crippen LogP contribution in [0, 0.1) is 13.8 Å². The van der Waals surface area contributed by atoms with E-state index in [0.29, 0.717) is 28.2 Å². The Balaban J connectivity index is 1.78. The highest BCUT2D eigenvalue weighted by Gasteiger charge is 2.23. The van der Waals surface area contributed by atoms with Gasteiger partial charge < -0.3 is 18.9 Å². The van der Waals surface area contributed by atoms with E-state index in [-0.39, 0.29) is 24.7 Å². The fourth-order valence-corrected chi connectivity index (χ4v) is 2.93. The molecule has 0 aliphatic heterocycles. The summed E-state index contributed by atoms with van der Waals surface area (Å²) in [7, 11) is 0. The van der Waals surface area contributed by atoms with Crippen LogP contribution in [0.1, 0.15) is 39.0 Å². The number of aryl methyl sites for hydroxylation is 1. The Morgan fingerprint density at radius 2 is 1.89 bits per heavy atom. The van der Waals surface area contributed by atoms with Crippen molar-refractivity contribution < 1.29 is 23.5 Å². The quantitative estimate of drug-likeness (QED) is 0.407. The Bertz CT molecular complexity index is 1080. The molecule has 0 spiro atoms. The maximum Gasteiger partial charge on any atom is 0.355 e. The van der Waals surface area contributed by atoms with Crippen LogP contribution in [0.25, 0.3) is 11.0 Å². The number of carbonyl (C=O) groups excluding carboxylic acids is 2. The van der Waals surface area contributed by atoms with Gasteiger partial charge in [-0.05, 0) is 44.5 Å². The number of fused-ring (bicyclic) bond motifs is 1. The third-order valence-electron chi connectivity index (χ3n) is 4.16. The van der Waals surface area contributed by atoms with E-state index in [9.17, 15) is 14.4 Å². The van der Waals surface area contributed by atoms with Gasteiger partial charge in [-0.3, -0.25) is 4.79 Å². The number of esters is 1. The lowest BCUT2D eigenvalue weighted by Crippen LogP contribution is -2.13. The first-order valence-electron chi connectivity index (χ1n) is 8.47. The van der Waals surface area contributed by atoms with Gasteiger partial charge in [-0.25, -0.2) is 9.59 Å². The molecule has 0 bridgehead atoms. The molecule has 7 heteroatoms. The van der Waals surface area contributed by atoms with E-state index in [2.05, 4.69) is 4.98 Å². The third kappa shape index (κ3) is 3.76. The molecule has 0 amide bonds. The van der Waals surface area contributed by atoms with E-state index in [1.807, 2.05) is 0 Å². The zero-order valence-corrected chi connectivity index (χ0v) is 15.3. The van der Waals surface area contributed by atoms with Gasteiger partial charge in [0.1, 0.15) is 17.0 Å². The smallest absolute Gasteiger partial charge is 0.355 e. The van der Waals surface area contributed by atoms with Crippen molar-refractivity contribution in [3.63, 3.8) is 0 Å². The van der Waals surface area contributed by atoms with Crippen LogP contribution < -0.4 is 10.4 Å². The van der Waals surface area contributed by atoms with Gasteiger partial charge in [-0.1, -0.05) is 0 Å². The number of Topliss-reactive ketones (excluding diaryl/α,β-unsaturated/α-hetero) is 1. The number of benzene rings is 1. The molecular formula is C20H19NO6. The first kappa shape index (κ1) is 18.4. The molecule has 0 radical (unpaired) electrons. The molecule has 7 nitrogen and oxygen atoms in total. The van der Waals surface area contributed by atoms with Crippen molar-refractivity contribution >= 4 is 22.7 Å². The number of ketones is 1. The first-order chi connectivity index (χ1) is 12.9. The molecule has 0 fully saturated rings. The molecule has 0 unspecified atom stereocenters. The van der Waals surface area contributed by atoms with Crippen molar-refractivity contribution in [1.29, 1.82) is 0 Å². The predicted molar refractivity (Wildman–Crippen MR) is 98.5 cm³/mol. The summed E-state index contributed by atoms with van der Waals surface area (Å²) in [6.07, 6.45) is 0. The lowest BCUT2D eigenvalue weighted by Gasteiger charge is -2.07. The SMILES string of the molecule is CCOC(=O)c1[nH]c(C)c(C(=O)COc2ccc3ccc(=O)oc3c2)c1C. The summed E-state index contributed by atoms with van der Waals surface area (Å²) in [6, 6.07) is 7.98. The Hall–Kier alpha value is -3.35. The Labute approximate surface area is 154 Å². The van der Waals surface area contributed by atoms with Crippen molar-refractivity contribution in [3.8, 4) is 5.75 Å². The minimum Gasteiger partial charge on any atom is -0.485 e. The number of hydrogen-bond acceptors (Lipinski definition) is 6. The molecule has 27 heavy (non-hydrogen) atoms. The van der Waals surface area contributed by atoms with Gasteiger partial charge in [0.25, 0.3) is 0 Å². The highest BCUT2D eigenvalue weighted by atomic mass is 16.5. The van der Waals surface area contributed by atoms with Crippen molar-refractivity contribution in [2.75, 3.05) is 13.2 Å². The molecule has 2 aromatic heterocycles. The number of nitrogens with one attached hydrogen (secondary N) is 1. The van der Waals surface area contributed by atoms with E-state index in [1.54, 1.807) is 45.0 Å². The molecule has 1 aromatic carbocycles. The summed E-state index contributed by atoms with van der Waals surface area (Å²) in [5.74, 6) is -0.365. The number of rotatable bonds is 6. The number of aromatic nitrogens is 1. The zero-order chi connectivity index (χ0) is 19.6. The number of carbonyl (C=O) groups is 2. The molecular weight excluding hydrogens is 350 g/mol. The van der Waals surface area contributed by atoms with Gasteiger partial charge in [0, 0.05) is 28.8 Å². The second-order valence-corrected chi connectivity index (χ2v) is 6.01. The number of aromatic amines is 1. The zero-order valence-electron chi connectivity index (χ0n) is 15.3. The van der Waals surface area contributed by atoms with Crippen LogP contribution in [-0.2, 0) is 4.74 Å². The van der Waals surface area contributed by atoms with Crippen LogP contribution in [-0.4, -0.2) is 30.0 Å². The lowest BCUT2D eigenvalue weighted by molar-refractivity contribution is 0.0519. The van der Waals surface area contributed by atoms with Gasteiger partial charge in [0.2, 0.25) is 5.78 Å². The summed E-state index contributed by atoms with van der Waals surface area (Å²) in [5, 5.41) is 0.754. The number of H-pyrrole nitrogens is 1. The topological polar surface area (TPSA) is 98.6 Å². The van der Waals surface area contributed by atoms with Crippen LogP contribution >= 0.6 is 0 Å². The van der Waals surface area contributed by atoms with Gasteiger partial charge in [-0.15, -0.1) is 0 Å². The lowest BCUT2D eigenvalue weighted by atomic mass is 10.1. The van der Waals surface area contributed by atoms with Crippen molar-refractivity contribution in [2.45, 2.75) is 20.8 Å². The van der Waals surface area contributed by atoms with E-state index in [0.717, 1.165) is 5.39 Å². The fourth-order valence-electron chi connectivity index (χ4n) is 2.93. The van der Waals surface area contributed by atoms with Gasteiger partial charge in [0.15, 0.2) is 6.61 Å². The summed E-state index contributed by atoms with van der Waals surface area (Å²) >= 11 is 0. The Kier molecular flexibility index (Phi) is 5.12. The van der Waals surface area contributed by atoms with E-state index in [4.69, 9.17) is 13.9 Å². The van der Waals surface area contributed by atoms with Crippen molar-refractivity contribution in [3.05, 3.63) is 63.3 Å². The van der Waals surface area contributed by atoms with E-state index >= 15 is 0 Å². The van der Waals surface area contributed by atoms with Crippen LogP contribution in [0.15, 0.2) is 39.5 Å². The van der Waals surface area contributed by atoms with E-state index in [1.165, 1.54) is 6.07 Å². The summed E-state index contributed by atoms with van der Waals surface area (Å²) in [5.41, 5.74) is 1.71. The van der Waals surface area contributed by atoms with Crippen LogP contribution in [0.2, 0.25) is 0 Å². The molecule has 0 aliphatic carbocycles. The monoisotopic (exact) mass is 369 g/mol. The first-order valence-corrected chi connectivity index (χ1v) is 8.47. The molecule has 140 valence electrons. The second kappa shape index (κ2) is 7.49. The summed E-state index contributed by atoms with van der Waals surface area (Å²) in [4.78, 5) is 38.8. The van der Waals surface area contributed by atoms with E-state index < -0.39 is 11.6 Å². The molecule has 2 heterocycles. The minimum atomic E-state index is -0.498. The predicted octanol–water partition coefficient (Wildman–Crippen LogP) is 3.18. The number of hydrogen-bond donors (Lipinski definition) is 1. The standard InChI is InChI=1S/C20H19NO6/c1-4-25-20(24)19-11(2)18(12(3)21-19)15(22)10-26-14-7-5-13-6-8-17(23)27-16(13)9-14/h5-9,21H,4,10H2,1-3H3. The number of ether oxygens (including phenoxy) is 2. The third-order valence-corrected chi connectivity index (χ3v) is 4.16. The Morgan fingerprint density at radius 1 is 1.15 bits per heavy atom. The molecule has 0 aliphatic rings. The maximum absolute atomic E-state index is 12.6. The average Bonchev–Trinajstić information content (AvgIpc) is 2.94. The van der Waals surface area contributed by atoms with Gasteiger partial charge in [0.05, 0.1) is 6.61 Å². The molecule has 1 N–H and O–H groups in total. The summed E-state index contributed by atoms with van der Waals surface area (Å²) < 4.78 is 15.7. The fraction of sp³-hybridized carbons (Fsp3) is 0.250. The second-order valence-electron chi connectivity index (χ2n) is 6.01. The Morgan fingerprint density at radius 3 is 2.63 bits per heavy atom. The van der Waals surface area contributed by atoms with Crippen molar-refractivity contribution in [1.82, 2.24) is 4.98 Å². The highest BCUT2D eigenvalue weighted by Crippen LogP contribution is 2.22. The molecule has 3 aromatic rings. The highest BCUT2D eigenvalue weighted by molar-refractivity contribution is 6.03. The average molecular weight is 369 g/mol.